The molecule has 36 heavy (non-hydrogen) atoms. The molecule has 0 saturated heterocycles. The van der Waals surface area contributed by atoms with Gasteiger partial charge in [0.25, 0.3) is 0 Å². The average Bonchev–Trinajstić information content (AvgIpc) is 3.52. The van der Waals surface area contributed by atoms with Gasteiger partial charge in [-0.2, -0.15) is 0 Å². The molecule has 2 fully saturated rings. The van der Waals surface area contributed by atoms with Crippen molar-refractivity contribution in [1.82, 2.24) is 15.5 Å². The first-order valence-corrected chi connectivity index (χ1v) is 12.9. The first-order valence-electron chi connectivity index (χ1n) is 12.9. The number of ether oxygens (including phenoxy) is 1. The van der Waals surface area contributed by atoms with Gasteiger partial charge in [-0.15, -0.1) is 0 Å². The maximum absolute atomic E-state index is 13.8. The lowest BCUT2D eigenvalue weighted by Crippen LogP contribution is -2.56. The molecule has 9 heteroatoms. The summed E-state index contributed by atoms with van der Waals surface area (Å²) in [7, 11) is 0. The van der Waals surface area contributed by atoms with E-state index < -0.39 is 36.3 Å². The lowest BCUT2D eigenvalue weighted by Gasteiger charge is -2.36. The normalized spacial score (nSPS) is 21.7. The molecule has 4 N–H and O–H groups in total. The van der Waals surface area contributed by atoms with E-state index in [-0.39, 0.29) is 29.7 Å². The number of alkyl carbamates (subject to hydrolysis) is 1. The van der Waals surface area contributed by atoms with Gasteiger partial charge in [0, 0.05) is 12.1 Å². The average molecular weight is 504 g/mol. The van der Waals surface area contributed by atoms with Crippen LogP contribution in [-0.4, -0.2) is 63.4 Å². The van der Waals surface area contributed by atoms with E-state index in [1.54, 1.807) is 39.8 Å². The fourth-order valence-electron chi connectivity index (χ4n) is 4.80. The van der Waals surface area contributed by atoms with Crippen molar-refractivity contribution in [3.8, 4) is 5.75 Å². The lowest BCUT2D eigenvalue weighted by molar-refractivity contribution is -0.144. The van der Waals surface area contributed by atoms with Crippen LogP contribution in [0.1, 0.15) is 83.4 Å². The summed E-state index contributed by atoms with van der Waals surface area (Å²) in [5, 5.41) is 25.7. The Kier molecular flexibility index (Phi) is 8.87. The SMILES string of the molecule is Cc1cc(C(C(=O)NC2CCCCC2)N(C(=O)C(CO)NC(=O)OC(C)(C)C)C2CC2C)ccc1O. The van der Waals surface area contributed by atoms with Crippen LogP contribution in [0.25, 0.3) is 0 Å². The van der Waals surface area contributed by atoms with Crippen LogP contribution >= 0.6 is 0 Å². The van der Waals surface area contributed by atoms with E-state index >= 15 is 0 Å². The summed E-state index contributed by atoms with van der Waals surface area (Å²) < 4.78 is 5.28. The highest BCUT2D eigenvalue weighted by Gasteiger charge is 2.48. The van der Waals surface area contributed by atoms with E-state index in [9.17, 15) is 24.6 Å². The molecule has 4 atom stereocenters. The third-order valence-corrected chi connectivity index (χ3v) is 6.87. The van der Waals surface area contributed by atoms with Gasteiger partial charge in [0.1, 0.15) is 23.4 Å². The Bertz CT molecular complexity index is 953. The number of nitrogens with zero attached hydrogens (tertiary/aromatic N) is 1. The number of rotatable bonds is 8. The molecule has 0 aliphatic heterocycles. The van der Waals surface area contributed by atoms with E-state index in [2.05, 4.69) is 10.6 Å². The number of aromatic hydroxyl groups is 1. The number of phenols is 1. The van der Waals surface area contributed by atoms with Crippen molar-refractivity contribution in [2.45, 2.75) is 103 Å². The van der Waals surface area contributed by atoms with Gasteiger partial charge in [-0.25, -0.2) is 4.79 Å². The minimum Gasteiger partial charge on any atom is -0.508 e. The van der Waals surface area contributed by atoms with Crippen molar-refractivity contribution < 1.29 is 29.3 Å². The van der Waals surface area contributed by atoms with Crippen LogP contribution in [0.15, 0.2) is 18.2 Å². The molecule has 0 radical (unpaired) electrons. The number of aryl methyl sites for hydroxylation is 1. The van der Waals surface area contributed by atoms with Gasteiger partial charge in [-0.1, -0.05) is 32.3 Å². The summed E-state index contributed by atoms with van der Waals surface area (Å²) in [6.45, 7) is 8.22. The van der Waals surface area contributed by atoms with Crippen LogP contribution in [0.2, 0.25) is 0 Å². The number of carbonyl (C=O) groups is 3. The summed E-state index contributed by atoms with van der Waals surface area (Å²) in [6.07, 6.45) is 4.90. The van der Waals surface area contributed by atoms with E-state index in [0.717, 1.165) is 32.1 Å². The van der Waals surface area contributed by atoms with Gasteiger partial charge < -0.3 is 30.5 Å². The molecule has 3 amide bonds. The van der Waals surface area contributed by atoms with Crippen molar-refractivity contribution in [1.29, 1.82) is 0 Å². The first kappa shape index (κ1) is 27.8. The lowest BCUT2D eigenvalue weighted by atomic mass is 9.94. The van der Waals surface area contributed by atoms with Gasteiger partial charge >= 0.3 is 6.09 Å². The molecule has 0 heterocycles. The number of phenolic OH excluding ortho intramolecular Hbond substituents is 1. The quantitative estimate of drug-likeness (QED) is 0.431. The summed E-state index contributed by atoms with van der Waals surface area (Å²) in [5.41, 5.74) is 0.383. The Labute approximate surface area is 213 Å². The maximum atomic E-state index is 13.8. The smallest absolute Gasteiger partial charge is 0.408 e. The van der Waals surface area contributed by atoms with Crippen molar-refractivity contribution in [3.05, 3.63) is 29.3 Å². The number of amides is 3. The van der Waals surface area contributed by atoms with Crippen LogP contribution in [0.4, 0.5) is 4.79 Å². The van der Waals surface area contributed by atoms with Gasteiger partial charge in [-0.3, -0.25) is 9.59 Å². The number of hydrogen-bond donors (Lipinski definition) is 4. The van der Waals surface area contributed by atoms with Crippen molar-refractivity contribution in [2.75, 3.05) is 6.61 Å². The molecule has 2 saturated carbocycles. The molecule has 0 spiro atoms. The van der Waals surface area contributed by atoms with E-state index in [1.807, 2.05) is 6.92 Å². The van der Waals surface area contributed by atoms with Crippen molar-refractivity contribution in [2.24, 2.45) is 5.92 Å². The highest BCUT2D eigenvalue weighted by Crippen LogP contribution is 2.41. The monoisotopic (exact) mass is 503 g/mol. The number of aliphatic hydroxyl groups excluding tert-OH is 1. The second kappa shape index (κ2) is 11.5. The molecule has 200 valence electrons. The fraction of sp³-hybridized carbons (Fsp3) is 0.667. The molecule has 0 bridgehead atoms. The second-order valence-electron chi connectivity index (χ2n) is 11.2. The Hall–Kier alpha value is -2.81. The number of nitrogens with one attached hydrogen (secondary N) is 2. The molecule has 3 rings (SSSR count). The zero-order valence-corrected chi connectivity index (χ0v) is 22.0. The Morgan fingerprint density at radius 3 is 2.33 bits per heavy atom. The van der Waals surface area contributed by atoms with Gasteiger partial charge in [0.15, 0.2) is 0 Å². The molecule has 9 nitrogen and oxygen atoms in total. The molecular formula is C27H41N3O6. The number of aliphatic hydroxyl groups is 1. The predicted octanol–water partition coefficient (Wildman–Crippen LogP) is 3.31. The standard InChI is InChI=1S/C27H41N3O6/c1-16-14-21(16)30(25(34)20(15-31)29-26(35)36-27(3,4)5)23(18-11-12-22(32)17(2)13-18)24(33)28-19-9-7-6-8-10-19/h11-13,16,19-21,23,31-32H,6-10,14-15H2,1-5H3,(H,28,33)(H,29,35). The third-order valence-electron chi connectivity index (χ3n) is 6.87. The molecule has 4 unspecified atom stereocenters. The molecule has 1 aromatic rings. The largest absolute Gasteiger partial charge is 0.508 e. The van der Waals surface area contributed by atoms with E-state index in [1.165, 1.54) is 11.0 Å². The molecule has 2 aliphatic rings. The number of carbonyl (C=O) groups excluding carboxylic acids is 3. The van der Waals surface area contributed by atoms with Crippen LogP contribution < -0.4 is 10.6 Å². The Morgan fingerprint density at radius 2 is 1.81 bits per heavy atom. The molecule has 2 aliphatic carbocycles. The molecule has 0 aromatic heterocycles. The summed E-state index contributed by atoms with van der Waals surface area (Å²) >= 11 is 0. The van der Waals surface area contributed by atoms with Crippen LogP contribution in [0.3, 0.4) is 0 Å². The van der Waals surface area contributed by atoms with Crippen molar-refractivity contribution in [3.63, 3.8) is 0 Å². The van der Waals surface area contributed by atoms with Crippen molar-refractivity contribution >= 4 is 17.9 Å². The zero-order valence-electron chi connectivity index (χ0n) is 22.0. The summed E-state index contributed by atoms with van der Waals surface area (Å²) in [4.78, 5) is 41.5. The highest BCUT2D eigenvalue weighted by atomic mass is 16.6. The second-order valence-corrected chi connectivity index (χ2v) is 11.2. The molecule has 1 aromatic carbocycles. The van der Waals surface area contributed by atoms with E-state index in [4.69, 9.17) is 4.74 Å². The van der Waals surface area contributed by atoms with Crippen LogP contribution in [0, 0.1) is 12.8 Å². The zero-order chi connectivity index (χ0) is 26.6. The maximum Gasteiger partial charge on any atom is 0.408 e. The number of hydrogen-bond acceptors (Lipinski definition) is 6. The molecular weight excluding hydrogens is 462 g/mol. The summed E-state index contributed by atoms with van der Waals surface area (Å²) in [6, 6.07) is 2.46. The first-order chi connectivity index (χ1) is 16.9. The van der Waals surface area contributed by atoms with E-state index in [0.29, 0.717) is 17.5 Å². The topological polar surface area (TPSA) is 128 Å². The Balaban J connectivity index is 1.94. The fourth-order valence-corrected chi connectivity index (χ4v) is 4.80. The summed E-state index contributed by atoms with van der Waals surface area (Å²) in [5.74, 6) is -0.582. The highest BCUT2D eigenvalue weighted by molar-refractivity contribution is 5.93. The minimum absolute atomic E-state index is 0.0362. The van der Waals surface area contributed by atoms with Gasteiger partial charge in [0.05, 0.1) is 6.61 Å². The van der Waals surface area contributed by atoms with Crippen LogP contribution in [0.5, 0.6) is 5.75 Å². The Morgan fingerprint density at radius 1 is 1.17 bits per heavy atom. The van der Waals surface area contributed by atoms with Gasteiger partial charge in [0.2, 0.25) is 11.8 Å². The van der Waals surface area contributed by atoms with Crippen LogP contribution in [-0.2, 0) is 14.3 Å². The van der Waals surface area contributed by atoms with Gasteiger partial charge in [-0.05, 0) is 76.1 Å². The number of benzene rings is 1. The predicted molar refractivity (Wildman–Crippen MR) is 135 cm³/mol. The third kappa shape index (κ3) is 7.12. The minimum atomic E-state index is -1.27.